The number of rotatable bonds is 2. The Balaban J connectivity index is 2.08. The SMILES string of the molecule is COc1cnc(C#Cc2ccc(F)c(C3(C)N=C(N)COC(C)(C)C3(F)F)c2)cn1. The van der Waals surface area contributed by atoms with E-state index in [4.69, 9.17) is 15.2 Å². The van der Waals surface area contributed by atoms with Gasteiger partial charge in [0, 0.05) is 11.1 Å². The minimum Gasteiger partial charge on any atom is -0.480 e. The first-order chi connectivity index (χ1) is 14.0. The van der Waals surface area contributed by atoms with Gasteiger partial charge in [-0.25, -0.2) is 23.1 Å². The second kappa shape index (κ2) is 7.61. The van der Waals surface area contributed by atoms with Crippen LogP contribution in [-0.4, -0.2) is 41.0 Å². The topological polar surface area (TPSA) is 82.6 Å². The van der Waals surface area contributed by atoms with Gasteiger partial charge in [0.1, 0.15) is 29.6 Å². The van der Waals surface area contributed by atoms with Crippen LogP contribution in [0.5, 0.6) is 5.88 Å². The van der Waals surface area contributed by atoms with E-state index in [1.165, 1.54) is 45.5 Å². The van der Waals surface area contributed by atoms with Crippen LogP contribution in [0.15, 0.2) is 35.6 Å². The predicted molar refractivity (Wildman–Crippen MR) is 105 cm³/mol. The maximum absolute atomic E-state index is 15.5. The van der Waals surface area contributed by atoms with Crippen molar-refractivity contribution >= 4 is 5.84 Å². The van der Waals surface area contributed by atoms with Gasteiger partial charge in [-0.2, -0.15) is 0 Å². The average Bonchev–Trinajstić information content (AvgIpc) is 2.77. The summed E-state index contributed by atoms with van der Waals surface area (Å²) in [6, 6.07) is 3.70. The van der Waals surface area contributed by atoms with Crippen molar-refractivity contribution in [2.45, 2.75) is 37.8 Å². The number of nitrogens with zero attached hydrogens (tertiary/aromatic N) is 3. The molecule has 0 saturated carbocycles. The van der Waals surface area contributed by atoms with E-state index >= 15 is 8.78 Å². The molecule has 0 amide bonds. The van der Waals surface area contributed by atoms with Crippen LogP contribution in [0.3, 0.4) is 0 Å². The molecule has 0 fully saturated rings. The van der Waals surface area contributed by atoms with Crippen LogP contribution in [0.4, 0.5) is 13.2 Å². The molecule has 9 heteroatoms. The van der Waals surface area contributed by atoms with Crippen molar-refractivity contribution in [3.05, 3.63) is 53.2 Å². The van der Waals surface area contributed by atoms with Crippen LogP contribution >= 0.6 is 0 Å². The van der Waals surface area contributed by atoms with Crippen molar-refractivity contribution in [1.29, 1.82) is 0 Å². The van der Waals surface area contributed by atoms with Gasteiger partial charge in [0.15, 0.2) is 5.54 Å². The van der Waals surface area contributed by atoms with E-state index in [1.54, 1.807) is 0 Å². The lowest BCUT2D eigenvalue weighted by atomic mass is 9.77. The molecule has 1 unspecified atom stereocenters. The molecule has 2 N–H and O–H groups in total. The Bertz CT molecular complexity index is 1040. The first-order valence-corrected chi connectivity index (χ1v) is 9.04. The number of benzene rings is 1. The molecule has 0 aliphatic carbocycles. The smallest absolute Gasteiger partial charge is 0.304 e. The minimum atomic E-state index is -3.57. The summed E-state index contributed by atoms with van der Waals surface area (Å²) in [5, 5.41) is 0. The summed E-state index contributed by atoms with van der Waals surface area (Å²) in [6.07, 6.45) is 2.80. The molecule has 0 spiro atoms. The zero-order valence-corrected chi connectivity index (χ0v) is 17.0. The molecule has 158 valence electrons. The highest BCUT2D eigenvalue weighted by Crippen LogP contribution is 2.50. The Morgan fingerprint density at radius 1 is 1.13 bits per heavy atom. The number of halogens is 3. The van der Waals surface area contributed by atoms with Crippen molar-refractivity contribution < 1.29 is 22.6 Å². The van der Waals surface area contributed by atoms with E-state index in [0.717, 1.165) is 13.0 Å². The summed E-state index contributed by atoms with van der Waals surface area (Å²) in [4.78, 5) is 12.0. The Morgan fingerprint density at radius 2 is 1.87 bits per heavy atom. The summed E-state index contributed by atoms with van der Waals surface area (Å²) in [6.45, 7) is 3.31. The third-order valence-corrected chi connectivity index (χ3v) is 4.98. The van der Waals surface area contributed by atoms with Gasteiger partial charge in [-0.3, -0.25) is 4.99 Å². The number of nitrogens with two attached hydrogens (primary N) is 1. The van der Waals surface area contributed by atoms with E-state index in [1.807, 2.05) is 0 Å². The number of aliphatic imine (C=N–C) groups is 1. The predicted octanol–water partition coefficient (Wildman–Crippen LogP) is 3.04. The summed E-state index contributed by atoms with van der Waals surface area (Å²) in [7, 11) is 1.46. The van der Waals surface area contributed by atoms with E-state index in [9.17, 15) is 4.39 Å². The van der Waals surface area contributed by atoms with E-state index < -0.39 is 22.9 Å². The molecule has 0 saturated heterocycles. The summed E-state index contributed by atoms with van der Waals surface area (Å²) >= 11 is 0. The lowest BCUT2D eigenvalue weighted by Crippen LogP contribution is -2.56. The fourth-order valence-electron chi connectivity index (χ4n) is 3.15. The lowest BCUT2D eigenvalue weighted by Gasteiger charge is -2.41. The quantitative estimate of drug-likeness (QED) is 0.758. The molecular weight excluding hydrogens is 397 g/mol. The van der Waals surface area contributed by atoms with Gasteiger partial charge in [-0.05, 0) is 44.9 Å². The molecule has 2 heterocycles. The number of hydrogen-bond donors (Lipinski definition) is 1. The molecule has 1 atom stereocenters. The van der Waals surface area contributed by atoms with Gasteiger partial charge in [-0.15, -0.1) is 0 Å². The number of methoxy groups -OCH3 is 1. The Labute approximate surface area is 172 Å². The molecule has 30 heavy (non-hydrogen) atoms. The van der Waals surface area contributed by atoms with Crippen LogP contribution in [0.1, 0.15) is 37.6 Å². The van der Waals surface area contributed by atoms with Crippen molar-refractivity contribution in [2.24, 2.45) is 10.7 Å². The van der Waals surface area contributed by atoms with Crippen LogP contribution in [0.2, 0.25) is 0 Å². The standard InChI is InChI=1S/C21H21F3N4O2/c1-19(2)21(23,24)20(3,28-17(25)12-30-19)15-9-13(6-8-16(15)22)5-7-14-10-27-18(29-4)11-26-14/h6,8-11H,12H2,1-4H3,(H2,25,28). The normalized spacial score (nSPS) is 22.3. The minimum absolute atomic E-state index is 0.146. The van der Waals surface area contributed by atoms with Crippen LogP contribution < -0.4 is 10.5 Å². The van der Waals surface area contributed by atoms with Gasteiger partial charge in [-0.1, -0.05) is 5.92 Å². The third kappa shape index (κ3) is 3.71. The van der Waals surface area contributed by atoms with E-state index in [-0.39, 0.29) is 18.0 Å². The molecule has 3 rings (SSSR count). The van der Waals surface area contributed by atoms with Crippen molar-refractivity contribution in [1.82, 2.24) is 9.97 Å². The summed E-state index contributed by atoms with van der Waals surface area (Å²) in [5.41, 5.74) is 1.84. The second-order valence-electron chi connectivity index (χ2n) is 7.44. The number of aromatic nitrogens is 2. The van der Waals surface area contributed by atoms with Crippen LogP contribution in [0.25, 0.3) is 0 Å². The highest BCUT2D eigenvalue weighted by Gasteiger charge is 2.63. The average molecular weight is 418 g/mol. The van der Waals surface area contributed by atoms with Crippen LogP contribution in [-0.2, 0) is 10.3 Å². The van der Waals surface area contributed by atoms with Gasteiger partial charge in [0.05, 0.1) is 19.5 Å². The number of amidine groups is 1. The summed E-state index contributed by atoms with van der Waals surface area (Å²) in [5.74, 6) is 1.30. The Kier molecular flexibility index (Phi) is 5.48. The molecule has 0 radical (unpaired) electrons. The van der Waals surface area contributed by atoms with Gasteiger partial charge in [0.25, 0.3) is 0 Å². The molecule has 6 nitrogen and oxygen atoms in total. The molecule has 1 aliphatic heterocycles. The molecule has 0 bridgehead atoms. The molecule has 1 aromatic carbocycles. The maximum Gasteiger partial charge on any atom is 0.304 e. The first kappa shape index (κ1) is 21.6. The maximum atomic E-state index is 15.5. The fraction of sp³-hybridized carbons (Fsp3) is 0.381. The first-order valence-electron chi connectivity index (χ1n) is 9.04. The van der Waals surface area contributed by atoms with Gasteiger partial charge in [0.2, 0.25) is 5.88 Å². The molecule has 1 aromatic heterocycles. The molecular formula is C21H21F3N4O2. The van der Waals surface area contributed by atoms with Gasteiger partial charge < -0.3 is 15.2 Å². The second-order valence-corrected chi connectivity index (χ2v) is 7.44. The third-order valence-electron chi connectivity index (χ3n) is 4.98. The number of hydrogen-bond acceptors (Lipinski definition) is 6. The lowest BCUT2D eigenvalue weighted by molar-refractivity contribution is -0.214. The van der Waals surface area contributed by atoms with E-state index in [2.05, 4.69) is 26.8 Å². The number of alkyl halides is 2. The Hall–Kier alpha value is -3.12. The van der Waals surface area contributed by atoms with Crippen LogP contribution in [0, 0.1) is 17.7 Å². The zero-order chi connectivity index (χ0) is 22.2. The number of ether oxygens (including phenoxy) is 2. The molecule has 2 aromatic rings. The fourth-order valence-corrected chi connectivity index (χ4v) is 3.15. The van der Waals surface area contributed by atoms with Gasteiger partial charge >= 0.3 is 5.92 Å². The highest BCUT2D eigenvalue weighted by atomic mass is 19.3. The zero-order valence-electron chi connectivity index (χ0n) is 17.0. The van der Waals surface area contributed by atoms with Crippen molar-refractivity contribution in [2.75, 3.05) is 13.7 Å². The molecule has 1 aliphatic rings. The Morgan fingerprint density at radius 3 is 2.50 bits per heavy atom. The van der Waals surface area contributed by atoms with Crippen molar-refractivity contribution in [3.63, 3.8) is 0 Å². The highest BCUT2D eigenvalue weighted by molar-refractivity contribution is 5.82. The summed E-state index contributed by atoms with van der Waals surface area (Å²) < 4.78 is 55.8. The largest absolute Gasteiger partial charge is 0.480 e. The van der Waals surface area contributed by atoms with Crippen molar-refractivity contribution in [3.8, 4) is 17.7 Å². The van der Waals surface area contributed by atoms with E-state index in [0.29, 0.717) is 17.1 Å². The monoisotopic (exact) mass is 418 g/mol.